The van der Waals surface area contributed by atoms with Crippen LogP contribution in [0.3, 0.4) is 0 Å². The Hall–Kier alpha value is -0.650. The fourth-order valence-electron chi connectivity index (χ4n) is 6.10. The molecule has 5 atom stereocenters. The number of hydrogen-bond acceptors (Lipinski definition) is 5. The monoisotopic (exact) mass is 265 g/mol. The second-order valence-corrected chi connectivity index (χ2v) is 7.83. The molecule has 0 aromatic carbocycles. The van der Waals surface area contributed by atoms with E-state index in [4.69, 9.17) is 21.9 Å². The highest BCUT2D eigenvalue weighted by Gasteiger charge is 2.69. The predicted octanol–water partition coefficient (Wildman–Crippen LogP) is 0.276. The van der Waals surface area contributed by atoms with Gasteiger partial charge in [0.25, 0.3) is 0 Å². The third-order valence-electron chi connectivity index (χ3n) is 6.32. The molecule has 0 amide bonds. The van der Waals surface area contributed by atoms with E-state index >= 15 is 0 Å². The van der Waals surface area contributed by atoms with Crippen LogP contribution in [0.15, 0.2) is 0 Å². The van der Waals surface area contributed by atoms with Crippen molar-refractivity contribution in [2.24, 2.45) is 45.8 Å². The second kappa shape index (κ2) is 3.32. The third-order valence-corrected chi connectivity index (χ3v) is 6.32. The molecule has 5 nitrogen and oxygen atoms in total. The maximum absolute atomic E-state index is 11.7. The molecule has 0 aromatic rings. The van der Waals surface area contributed by atoms with Crippen molar-refractivity contribution >= 4 is 5.97 Å². The van der Waals surface area contributed by atoms with Gasteiger partial charge in [0, 0.05) is 5.41 Å². The molecule has 0 saturated heterocycles. The molecule has 5 aliphatic carbocycles. The van der Waals surface area contributed by atoms with Crippen LogP contribution in [0, 0.1) is 28.6 Å². The molecule has 5 unspecified atom stereocenters. The lowest BCUT2D eigenvalue weighted by Gasteiger charge is -2.60. The smallest absolute Gasteiger partial charge is 0.356 e. The van der Waals surface area contributed by atoms with Gasteiger partial charge in [0.15, 0.2) is 0 Å². The summed E-state index contributed by atoms with van der Waals surface area (Å²) in [5, 5.41) is 0. The summed E-state index contributed by atoms with van der Waals surface area (Å²) in [7, 11) is 0. The number of carbonyl (C=O) groups is 1. The molecule has 4 bridgehead atoms. The van der Waals surface area contributed by atoms with Crippen LogP contribution < -0.4 is 17.2 Å². The Balaban J connectivity index is 1.49. The largest absolute Gasteiger partial charge is 0.462 e. The van der Waals surface area contributed by atoms with Crippen molar-refractivity contribution in [3.8, 4) is 0 Å². The van der Waals surface area contributed by atoms with Crippen molar-refractivity contribution in [1.82, 2.24) is 0 Å². The average Bonchev–Trinajstić information content (AvgIpc) is 2.41. The van der Waals surface area contributed by atoms with Crippen molar-refractivity contribution < 1.29 is 9.53 Å². The minimum Gasteiger partial charge on any atom is -0.462 e. The molecule has 6 N–H and O–H groups in total. The fraction of sp³-hybridized carbons (Fsp3) is 0.929. The number of ether oxygens (including phenoxy) is 1. The van der Waals surface area contributed by atoms with Gasteiger partial charge in [-0.05, 0) is 61.7 Å². The first-order valence-electron chi connectivity index (χ1n) is 7.36. The molecule has 1 spiro atoms. The van der Waals surface area contributed by atoms with Gasteiger partial charge < -0.3 is 4.74 Å². The first-order valence-corrected chi connectivity index (χ1v) is 7.36. The standard InChI is InChI=1S/C14H23N3O2/c15-14(16,17)11(18)19-7-12-2-8-1-9-4-13(3-8,6-12)10(9)5-12/h8-10H,1-7,15-17H2. The lowest BCUT2D eigenvalue weighted by molar-refractivity contribution is -0.157. The van der Waals surface area contributed by atoms with E-state index in [1.807, 2.05) is 0 Å². The van der Waals surface area contributed by atoms with E-state index in [2.05, 4.69) is 0 Å². The van der Waals surface area contributed by atoms with Crippen LogP contribution in [0.4, 0.5) is 0 Å². The first-order chi connectivity index (χ1) is 8.82. The third kappa shape index (κ3) is 1.55. The molecular weight excluding hydrogens is 242 g/mol. The van der Waals surface area contributed by atoms with Crippen LogP contribution in [0.1, 0.15) is 38.5 Å². The minimum absolute atomic E-state index is 0.194. The van der Waals surface area contributed by atoms with E-state index in [1.165, 1.54) is 38.5 Å². The van der Waals surface area contributed by atoms with Crippen molar-refractivity contribution in [3.05, 3.63) is 0 Å². The van der Waals surface area contributed by atoms with Gasteiger partial charge in [-0.15, -0.1) is 0 Å². The first kappa shape index (κ1) is 12.1. The van der Waals surface area contributed by atoms with E-state index in [0.29, 0.717) is 12.0 Å². The zero-order valence-electron chi connectivity index (χ0n) is 11.2. The minimum atomic E-state index is -1.86. The van der Waals surface area contributed by atoms with E-state index in [-0.39, 0.29) is 5.41 Å². The Kier molecular flexibility index (Phi) is 2.12. The highest BCUT2D eigenvalue weighted by Crippen LogP contribution is 2.77. The van der Waals surface area contributed by atoms with Crippen LogP contribution >= 0.6 is 0 Å². The molecule has 19 heavy (non-hydrogen) atoms. The van der Waals surface area contributed by atoms with Crippen LogP contribution in [0.5, 0.6) is 0 Å². The average molecular weight is 265 g/mol. The van der Waals surface area contributed by atoms with Gasteiger partial charge in [-0.2, -0.15) is 0 Å². The Morgan fingerprint density at radius 2 is 2.00 bits per heavy atom. The summed E-state index contributed by atoms with van der Waals surface area (Å²) >= 11 is 0. The van der Waals surface area contributed by atoms with Gasteiger partial charge in [-0.1, -0.05) is 0 Å². The summed E-state index contributed by atoms with van der Waals surface area (Å²) in [6, 6.07) is 0. The molecule has 5 heteroatoms. The molecule has 0 aromatic heterocycles. The van der Waals surface area contributed by atoms with E-state index in [9.17, 15) is 4.79 Å². The second-order valence-electron chi connectivity index (χ2n) is 7.83. The molecule has 0 aliphatic heterocycles. The van der Waals surface area contributed by atoms with E-state index in [0.717, 1.165) is 17.8 Å². The quantitative estimate of drug-likeness (QED) is 0.502. The normalized spacial score (nSPS) is 49.9. The topological polar surface area (TPSA) is 104 Å². The Labute approximate surface area is 113 Å². The summed E-state index contributed by atoms with van der Waals surface area (Å²) in [5.41, 5.74) is 16.9. The van der Waals surface area contributed by atoms with Gasteiger partial charge in [-0.3, -0.25) is 17.2 Å². The zero-order valence-corrected chi connectivity index (χ0v) is 11.2. The number of rotatable bonds is 3. The summed E-state index contributed by atoms with van der Waals surface area (Å²) in [6.45, 7) is 0.459. The number of esters is 1. The predicted molar refractivity (Wildman–Crippen MR) is 69.3 cm³/mol. The summed E-state index contributed by atoms with van der Waals surface area (Å²) < 4.78 is 5.34. The molecule has 5 fully saturated rings. The number of carbonyl (C=O) groups excluding carboxylic acids is 1. The van der Waals surface area contributed by atoms with Crippen molar-refractivity contribution in [2.45, 2.75) is 44.3 Å². The maximum atomic E-state index is 11.7. The Morgan fingerprint density at radius 1 is 1.21 bits per heavy atom. The van der Waals surface area contributed by atoms with Crippen molar-refractivity contribution in [2.75, 3.05) is 6.61 Å². The number of nitrogens with two attached hydrogens (primary N) is 3. The SMILES string of the molecule is NC(N)(N)C(=O)OCC12CC3CC4CC(C3)(C1)C4C2. The summed E-state index contributed by atoms with van der Waals surface area (Å²) in [5.74, 6) is 0.152. The van der Waals surface area contributed by atoms with Crippen LogP contribution in [0.25, 0.3) is 0 Å². The molecule has 5 rings (SSSR count). The Morgan fingerprint density at radius 3 is 2.74 bits per heavy atom. The molecule has 106 valence electrons. The summed E-state index contributed by atoms with van der Waals surface area (Å²) in [6.07, 6.45) is 7.90. The summed E-state index contributed by atoms with van der Waals surface area (Å²) in [4.78, 5) is 11.7. The highest BCUT2D eigenvalue weighted by molar-refractivity contribution is 5.78. The van der Waals surface area contributed by atoms with E-state index in [1.54, 1.807) is 0 Å². The Bertz CT molecular complexity index is 444. The zero-order chi connectivity index (χ0) is 13.5. The molecule has 0 radical (unpaired) electrons. The van der Waals surface area contributed by atoms with Gasteiger partial charge in [0.05, 0.1) is 6.61 Å². The molecular formula is C14H23N3O2. The lowest BCUT2D eigenvalue weighted by atomic mass is 9.44. The van der Waals surface area contributed by atoms with Crippen LogP contribution in [-0.2, 0) is 9.53 Å². The molecule has 5 saturated carbocycles. The van der Waals surface area contributed by atoms with Crippen molar-refractivity contribution in [3.63, 3.8) is 0 Å². The molecule has 0 heterocycles. The molecule has 5 aliphatic rings. The maximum Gasteiger partial charge on any atom is 0.356 e. The fourth-order valence-corrected chi connectivity index (χ4v) is 6.10. The van der Waals surface area contributed by atoms with Crippen LogP contribution in [0.2, 0.25) is 0 Å². The van der Waals surface area contributed by atoms with Gasteiger partial charge >= 0.3 is 5.97 Å². The van der Waals surface area contributed by atoms with Crippen LogP contribution in [-0.4, -0.2) is 18.4 Å². The lowest BCUT2D eigenvalue weighted by Crippen LogP contribution is -2.65. The van der Waals surface area contributed by atoms with Gasteiger partial charge in [0.1, 0.15) is 0 Å². The highest BCUT2D eigenvalue weighted by atomic mass is 16.5. The van der Waals surface area contributed by atoms with Crippen molar-refractivity contribution in [1.29, 1.82) is 0 Å². The van der Waals surface area contributed by atoms with Gasteiger partial charge in [0.2, 0.25) is 5.79 Å². The number of fused-ring (bicyclic) bond motifs is 1. The number of hydrogen-bond donors (Lipinski definition) is 3. The van der Waals surface area contributed by atoms with Gasteiger partial charge in [-0.25, -0.2) is 4.79 Å². The van der Waals surface area contributed by atoms with E-state index < -0.39 is 11.8 Å².